The van der Waals surface area contributed by atoms with Gasteiger partial charge in [0.15, 0.2) is 0 Å². The minimum atomic E-state index is 0.148. The first-order valence-electron chi connectivity index (χ1n) is 5.47. The highest BCUT2D eigenvalue weighted by molar-refractivity contribution is 5.78. The maximum Gasteiger partial charge on any atom is 0.225 e. The van der Waals surface area contributed by atoms with Crippen LogP contribution in [0.4, 0.5) is 0 Å². The Kier molecular flexibility index (Phi) is 6.54. The molecule has 1 amide bonds. The molecule has 0 aliphatic rings. The van der Waals surface area contributed by atoms with Crippen LogP contribution < -0.4 is 5.73 Å². The Labute approximate surface area is 87.6 Å². The van der Waals surface area contributed by atoms with Gasteiger partial charge in [0.1, 0.15) is 0 Å². The monoisotopic (exact) mass is 200 g/mol. The predicted octanol–water partition coefficient (Wildman–Crippen LogP) is 1.48. The summed E-state index contributed by atoms with van der Waals surface area (Å²) in [6.07, 6.45) is 2.04. The zero-order valence-corrected chi connectivity index (χ0v) is 9.92. The molecule has 84 valence electrons. The smallest absolute Gasteiger partial charge is 0.225 e. The second-order valence-corrected chi connectivity index (χ2v) is 4.25. The van der Waals surface area contributed by atoms with E-state index in [1.54, 1.807) is 4.90 Å². The van der Waals surface area contributed by atoms with E-state index in [1.165, 1.54) is 0 Å². The SMILES string of the molecule is CCCC(C)C(=O)N(C)CC(C)CN. The number of hydrogen-bond donors (Lipinski definition) is 1. The summed E-state index contributed by atoms with van der Waals surface area (Å²) < 4.78 is 0. The van der Waals surface area contributed by atoms with Gasteiger partial charge in [-0.05, 0) is 18.9 Å². The molecule has 0 spiro atoms. The molecular weight excluding hydrogens is 176 g/mol. The Hall–Kier alpha value is -0.570. The zero-order valence-electron chi connectivity index (χ0n) is 9.92. The quantitative estimate of drug-likeness (QED) is 0.706. The maximum absolute atomic E-state index is 11.8. The second kappa shape index (κ2) is 6.82. The molecule has 0 saturated heterocycles. The van der Waals surface area contributed by atoms with Crippen molar-refractivity contribution in [3.05, 3.63) is 0 Å². The molecule has 3 heteroatoms. The van der Waals surface area contributed by atoms with Crippen molar-refractivity contribution in [2.24, 2.45) is 17.6 Å². The molecule has 0 aromatic rings. The molecule has 0 aromatic carbocycles. The third-order valence-corrected chi connectivity index (χ3v) is 2.51. The summed E-state index contributed by atoms with van der Waals surface area (Å²) in [6.45, 7) is 7.57. The number of nitrogens with zero attached hydrogens (tertiary/aromatic N) is 1. The van der Waals surface area contributed by atoms with Crippen LogP contribution in [-0.4, -0.2) is 30.9 Å². The van der Waals surface area contributed by atoms with Crippen LogP contribution in [-0.2, 0) is 4.79 Å². The summed E-state index contributed by atoms with van der Waals surface area (Å²) in [7, 11) is 1.86. The lowest BCUT2D eigenvalue weighted by atomic mass is 10.0. The lowest BCUT2D eigenvalue weighted by Gasteiger charge is -2.23. The average Bonchev–Trinajstić information content (AvgIpc) is 2.16. The molecule has 2 N–H and O–H groups in total. The molecule has 2 atom stereocenters. The van der Waals surface area contributed by atoms with Crippen LogP contribution >= 0.6 is 0 Å². The van der Waals surface area contributed by atoms with E-state index < -0.39 is 0 Å². The van der Waals surface area contributed by atoms with Crippen LogP contribution in [0.5, 0.6) is 0 Å². The normalized spacial score (nSPS) is 14.9. The Balaban J connectivity index is 3.98. The summed E-state index contributed by atoms with van der Waals surface area (Å²) in [5.74, 6) is 0.778. The summed E-state index contributed by atoms with van der Waals surface area (Å²) in [5.41, 5.74) is 5.52. The second-order valence-electron chi connectivity index (χ2n) is 4.25. The highest BCUT2D eigenvalue weighted by Gasteiger charge is 2.17. The third kappa shape index (κ3) is 4.61. The lowest BCUT2D eigenvalue weighted by molar-refractivity contribution is -0.134. The Morgan fingerprint density at radius 2 is 2.00 bits per heavy atom. The lowest BCUT2D eigenvalue weighted by Crippen LogP contribution is -2.36. The van der Waals surface area contributed by atoms with Gasteiger partial charge in [-0.15, -0.1) is 0 Å². The fraction of sp³-hybridized carbons (Fsp3) is 0.909. The molecule has 0 bridgehead atoms. The van der Waals surface area contributed by atoms with Crippen molar-refractivity contribution >= 4 is 5.91 Å². The number of nitrogens with two attached hydrogens (primary N) is 1. The van der Waals surface area contributed by atoms with Crippen molar-refractivity contribution in [1.29, 1.82) is 0 Å². The van der Waals surface area contributed by atoms with Crippen molar-refractivity contribution in [1.82, 2.24) is 4.90 Å². The molecule has 0 aliphatic heterocycles. The zero-order chi connectivity index (χ0) is 11.1. The van der Waals surface area contributed by atoms with Crippen LogP contribution in [0.2, 0.25) is 0 Å². The van der Waals surface area contributed by atoms with Crippen LogP contribution in [0.15, 0.2) is 0 Å². The van der Waals surface area contributed by atoms with E-state index in [1.807, 2.05) is 14.0 Å². The van der Waals surface area contributed by atoms with Crippen molar-refractivity contribution in [2.75, 3.05) is 20.1 Å². The van der Waals surface area contributed by atoms with E-state index in [0.717, 1.165) is 19.4 Å². The summed E-state index contributed by atoms with van der Waals surface area (Å²) in [6, 6.07) is 0. The average molecular weight is 200 g/mol. The van der Waals surface area contributed by atoms with Gasteiger partial charge < -0.3 is 10.6 Å². The third-order valence-electron chi connectivity index (χ3n) is 2.51. The summed E-state index contributed by atoms with van der Waals surface area (Å²) in [4.78, 5) is 13.6. The van der Waals surface area contributed by atoms with E-state index in [-0.39, 0.29) is 11.8 Å². The first kappa shape index (κ1) is 13.4. The van der Waals surface area contributed by atoms with E-state index >= 15 is 0 Å². The summed E-state index contributed by atoms with van der Waals surface area (Å²) in [5, 5.41) is 0. The molecule has 0 aliphatic carbocycles. The van der Waals surface area contributed by atoms with Gasteiger partial charge in [0.05, 0.1) is 0 Å². The fourth-order valence-corrected chi connectivity index (χ4v) is 1.56. The van der Waals surface area contributed by atoms with Crippen LogP contribution in [0.25, 0.3) is 0 Å². The van der Waals surface area contributed by atoms with Crippen molar-refractivity contribution in [2.45, 2.75) is 33.6 Å². The molecule has 0 radical (unpaired) electrons. The molecule has 0 fully saturated rings. The Morgan fingerprint density at radius 3 is 2.43 bits per heavy atom. The molecular formula is C11H24N2O. The first-order valence-corrected chi connectivity index (χ1v) is 5.47. The molecule has 0 saturated carbocycles. The van der Waals surface area contributed by atoms with Crippen molar-refractivity contribution in [3.8, 4) is 0 Å². The van der Waals surface area contributed by atoms with E-state index in [2.05, 4.69) is 13.8 Å². The van der Waals surface area contributed by atoms with E-state index in [9.17, 15) is 4.79 Å². The van der Waals surface area contributed by atoms with Gasteiger partial charge in [0.2, 0.25) is 5.91 Å². The maximum atomic E-state index is 11.8. The van der Waals surface area contributed by atoms with Crippen molar-refractivity contribution < 1.29 is 4.79 Å². The molecule has 0 rings (SSSR count). The predicted molar refractivity (Wildman–Crippen MR) is 59.9 cm³/mol. The van der Waals surface area contributed by atoms with Gasteiger partial charge in [-0.1, -0.05) is 27.2 Å². The fourth-order valence-electron chi connectivity index (χ4n) is 1.56. The van der Waals surface area contributed by atoms with E-state index in [0.29, 0.717) is 12.5 Å². The Morgan fingerprint density at radius 1 is 1.43 bits per heavy atom. The van der Waals surface area contributed by atoms with Crippen LogP contribution in [0.1, 0.15) is 33.6 Å². The van der Waals surface area contributed by atoms with Crippen molar-refractivity contribution in [3.63, 3.8) is 0 Å². The largest absolute Gasteiger partial charge is 0.345 e. The molecule has 0 aromatic heterocycles. The number of hydrogen-bond acceptors (Lipinski definition) is 2. The Bertz CT molecular complexity index is 171. The number of amides is 1. The topological polar surface area (TPSA) is 46.3 Å². The van der Waals surface area contributed by atoms with Crippen LogP contribution in [0, 0.1) is 11.8 Å². The summed E-state index contributed by atoms with van der Waals surface area (Å²) >= 11 is 0. The number of carbonyl (C=O) groups is 1. The number of rotatable bonds is 6. The van der Waals surface area contributed by atoms with Gasteiger partial charge >= 0.3 is 0 Å². The minimum Gasteiger partial charge on any atom is -0.345 e. The molecule has 3 nitrogen and oxygen atoms in total. The van der Waals surface area contributed by atoms with E-state index in [4.69, 9.17) is 5.73 Å². The van der Waals surface area contributed by atoms with Gasteiger partial charge in [0.25, 0.3) is 0 Å². The minimum absolute atomic E-state index is 0.148. The molecule has 2 unspecified atom stereocenters. The standard InChI is InChI=1S/C11H24N2O/c1-5-6-10(3)11(14)13(4)8-9(2)7-12/h9-10H,5-8,12H2,1-4H3. The number of carbonyl (C=O) groups excluding carboxylic acids is 1. The first-order chi connectivity index (χ1) is 6.52. The molecule has 14 heavy (non-hydrogen) atoms. The van der Waals surface area contributed by atoms with Gasteiger partial charge in [-0.3, -0.25) is 4.79 Å². The van der Waals surface area contributed by atoms with Gasteiger partial charge in [-0.2, -0.15) is 0 Å². The highest BCUT2D eigenvalue weighted by atomic mass is 16.2. The molecule has 0 heterocycles. The highest BCUT2D eigenvalue weighted by Crippen LogP contribution is 2.09. The van der Waals surface area contributed by atoms with Gasteiger partial charge in [-0.25, -0.2) is 0 Å². The van der Waals surface area contributed by atoms with Gasteiger partial charge in [0, 0.05) is 19.5 Å². The van der Waals surface area contributed by atoms with Crippen LogP contribution in [0.3, 0.4) is 0 Å².